The molecular weight excluding hydrogens is 400 g/mol. The van der Waals surface area contributed by atoms with Crippen LogP contribution in [0.4, 0.5) is 0 Å². The molecule has 2 aromatic carbocycles. The largest absolute Gasteiger partial charge is 0.333 e. The van der Waals surface area contributed by atoms with Crippen LogP contribution in [0.1, 0.15) is 5.89 Å². The number of quaternary nitrogens is 1. The van der Waals surface area contributed by atoms with Gasteiger partial charge in [-0.15, -0.1) is 0 Å². The van der Waals surface area contributed by atoms with Crippen molar-refractivity contribution in [3.8, 4) is 11.4 Å². The van der Waals surface area contributed by atoms with E-state index in [1.54, 1.807) is 24.3 Å². The van der Waals surface area contributed by atoms with Crippen molar-refractivity contribution in [2.24, 2.45) is 0 Å². The third-order valence-corrected chi connectivity index (χ3v) is 7.18. The van der Waals surface area contributed by atoms with Crippen LogP contribution in [0, 0.1) is 0 Å². The van der Waals surface area contributed by atoms with Gasteiger partial charge in [0.1, 0.15) is 4.90 Å². The van der Waals surface area contributed by atoms with Crippen molar-refractivity contribution in [1.29, 1.82) is 0 Å². The predicted octanol–water partition coefficient (Wildman–Crippen LogP) is 1.48. The van der Waals surface area contributed by atoms with Gasteiger partial charge in [0.05, 0.1) is 31.2 Å². The fourth-order valence-electron chi connectivity index (χ4n) is 3.26. The quantitative estimate of drug-likeness (QED) is 0.677. The van der Waals surface area contributed by atoms with Crippen LogP contribution < -0.4 is 4.90 Å². The molecule has 0 bridgehead atoms. The zero-order valence-corrected chi connectivity index (χ0v) is 16.7. The van der Waals surface area contributed by atoms with E-state index in [4.69, 9.17) is 16.1 Å². The molecule has 9 heteroatoms. The molecule has 1 aliphatic rings. The molecule has 0 unspecified atom stereocenters. The molecule has 0 aliphatic carbocycles. The summed E-state index contributed by atoms with van der Waals surface area (Å²) in [5.41, 5.74) is 0.906. The predicted molar refractivity (Wildman–Crippen MR) is 104 cm³/mol. The van der Waals surface area contributed by atoms with Gasteiger partial charge in [-0.05, 0) is 12.1 Å². The molecule has 0 saturated carbocycles. The van der Waals surface area contributed by atoms with Crippen molar-refractivity contribution in [2.45, 2.75) is 11.4 Å². The van der Waals surface area contributed by atoms with Gasteiger partial charge < -0.3 is 9.42 Å². The molecule has 4 rings (SSSR count). The molecule has 1 N–H and O–H groups in total. The summed E-state index contributed by atoms with van der Waals surface area (Å²) in [5, 5.41) is 4.28. The average Bonchev–Trinajstić information content (AvgIpc) is 3.18. The second kappa shape index (κ2) is 8.00. The van der Waals surface area contributed by atoms with E-state index < -0.39 is 10.0 Å². The van der Waals surface area contributed by atoms with Gasteiger partial charge in [0.2, 0.25) is 15.8 Å². The molecule has 1 fully saturated rings. The molecule has 0 amide bonds. The average molecular weight is 420 g/mol. The number of piperazine rings is 1. The molecule has 0 spiro atoms. The van der Waals surface area contributed by atoms with Crippen LogP contribution in [0.2, 0.25) is 5.02 Å². The van der Waals surface area contributed by atoms with Crippen molar-refractivity contribution in [2.75, 3.05) is 26.2 Å². The smallest absolute Gasteiger partial charge is 0.282 e. The second-order valence-electron chi connectivity index (χ2n) is 6.64. The Hall–Kier alpha value is -2.26. The van der Waals surface area contributed by atoms with Crippen LogP contribution in [-0.4, -0.2) is 49.0 Å². The summed E-state index contributed by atoms with van der Waals surface area (Å²) in [5.74, 6) is 1.12. The molecule has 3 aromatic rings. The molecule has 1 aromatic heterocycles. The second-order valence-corrected chi connectivity index (χ2v) is 8.95. The molecule has 7 nitrogen and oxygen atoms in total. The van der Waals surface area contributed by atoms with E-state index in [9.17, 15) is 8.42 Å². The highest BCUT2D eigenvalue weighted by Gasteiger charge is 2.32. The molecule has 28 heavy (non-hydrogen) atoms. The minimum Gasteiger partial charge on any atom is -0.333 e. The van der Waals surface area contributed by atoms with Gasteiger partial charge in [-0.3, -0.25) is 0 Å². The molecule has 1 aliphatic heterocycles. The number of hydrogen-bond donors (Lipinski definition) is 1. The molecule has 0 radical (unpaired) electrons. The monoisotopic (exact) mass is 419 g/mol. The summed E-state index contributed by atoms with van der Waals surface area (Å²) in [6.45, 7) is 2.73. The number of aromatic nitrogens is 2. The van der Waals surface area contributed by atoms with Gasteiger partial charge >= 0.3 is 0 Å². The van der Waals surface area contributed by atoms with Gasteiger partial charge in [-0.1, -0.05) is 59.2 Å². The maximum Gasteiger partial charge on any atom is 0.282 e. The topological polar surface area (TPSA) is 80.7 Å². The van der Waals surface area contributed by atoms with Crippen LogP contribution in [-0.2, 0) is 16.6 Å². The highest BCUT2D eigenvalue weighted by atomic mass is 35.5. The third-order valence-electron chi connectivity index (χ3n) is 4.79. The number of hydrogen-bond acceptors (Lipinski definition) is 5. The first-order chi connectivity index (χ1) is 13.5. The van der Waals surface area contributed by atoms with Crippen molar-refractivity contribution < 1.29 is 17.8 Å². The van der Waals surface area contributed by atoms with Crippen molar-refractivity contribution in [3.63, 3.8) is 0 Å². The summed E-state index contributed by atoms with van der Waals surface area (Å²) in [7, 11) is -3.58. The van der Waals surface area contributed by atoms with Crippen molar-refractivity contribution in [3.05, 3.63) is 65.5 Å². The van der Waals surface area contributed by atoms with Crippen LogP contribution >= 0.6 is 11.6 Å². The first kappa shape index (κ1) is 19.1. The maximum atomic E-state index is 12.8. The van der Waals surface area contributed by atoms with Gasteiger partial charge in [0, 0.05) is 5.56 Å². The minimum atomic E-state index is -3.58. The number of nitrogens with zero attached hydrogens (tertiary/aromatic N) is 3. The Bertz CT molecular complexity index is 1050. The van der Waals surface area contributed by atoms with E-state index in [-0.39, 0.29) is 9.92 Å². The Morgan fingerprint density at radius 3 is 2.43 bits per heavy atom. The Morgan fingerprint density at radius 1 is 1.04 bits per heavy atom. The molecule has 0 atom stereocenters. The highest BCUT2D eigenvalue weighted by molar-refractivity contribution is 7.89. The van der Waals surface area contributed by atoms with Gasteiger partial charge in [0.25, 0.3) is 5.89 Å². The summed E-state index contributed by atoms with van der Waals surface area (Å²) < 4.78 is 32.5. The zero-order chi connectivity index (χ0) is 19.6. The lowest BCUT2D eigenvalue weighted by Crippen LogP contribution is -3.13. The Kier molecular flexibility index (Phi) is 5.45. The van der Waals surface area contributed by atoms with E-state index in [0.29, 0.717) is 44.4 Å². The van der Waals surface area contributed by atoms with E-state index in [0.717, 1.165) is 5.56 Å². The van der Waals surface area contributed by atoms with Crippen LogP contribution in [0.5, 0.6) is 0 Å². The lowest BCUT2D eigenvalue weighted by molar-refractivity contribution is -0.918. The normalized spacial score (nSPS) is 16.3. The lowest BCUT2D eigenvalue weighted by atomic mass is 10.2. The summed E-state index contributed by atoms with van der Waals surface area (Å²) in [4.78, 5) is 5.81. The standard InChI is InChI=1S/C19H19ClN4O3S/c20-16-8-4-5-9-17(16)28(25,26)24-12-10-23(11-13-24)14-18-21-19(22-27-18)15-6-2-1-3-7-15/h1-9H,10-14H2/p+1. The summed E-state index contributed by atoms with van der Waals surface area (Å²) in [6.07, 6.45) is 0. The molecular formula is C19H20ClN4O3S+. The first-order valence-corrected chi connectivity index (χ1v) is 10.8. The lowest BCUT2D eigenvalue weighted by Gasteiger charge is -2.30. The molecule has 146 valence electrons. The zero-order valence-electron chi connectivity index (χ0n) is 15.1. The van der Waals surface area contributed by atoms with E-state index in [2.05, 4.69) is 10.1 Å². The third kappa shape index (κ3) is 3.95. The molecule has 1 saturated heterocycles. The summed E-state index contributed by atoms with van der Waals surface area (Å²) >= 11 is 6.08. The van der Waals surface area contributed by atoms with Crippen LogP contribution in [0.15, 0.2) is 64.0 Å². The number of halogens is 1. The van der Waals surface area contributed by atoms with Crippen molar-refractivity contribution in [1.82, 2.24) is 14.4 Å². The molecule has 2 heterocycles. The fraction of sp³-hybridized carbons (Fsp3) is 0.263. The SMILES string of the molecule is O=S(=O)(c1ccccc1Cl)N1CC[NH+](Cc2nc(-c3ccccc3)no2)CC1. The Morgan fingerprint density at radius 2 is 1.71 bits per heavy atom. The van der Waals surface area contributed by atoms with Gasteiger partial charge in [-0.2, -0.15) is 9.29 Å². The van der Waals surface area contributed by atoms with Crippen molar-refractivity contribution >= 4 is 21.6 Å². The summed E-state index contributed by atoms with van der Waals surface area (Å²) in [6, 6.07) is 16.2. The van der Waals surface area contributed by atoms with Crippen LogP contribution in [0.25, 0.3) is 11.4 Å². The number of sulfonamides is 1. The number of nitrogens with one attached hydrogen (secondary N) is 1. The van der Waals surface area contributed by atoms with E-state index in [1.165, 1.54) is 9.21 Å². The fourth-order valence-corrected chi connectivity index (χ4v) is 5.19. The number of rotatable bonds is 5. The highest BCUT2D eigenvalue weighted by Crippen LogP contribution is 2.24. The maximum absolute atomic E-state index is 12.8. The van der Waals surface area contributed by atoms with E-state index in [1.807, 2.05) is 30.3 Å². The Labute approximate surface area is 168 Å². The number of benzene rings is 2. The van der Waals surface area contributed by atoms with Gasteiger partial charge in [-0.25, -0.2) is 8.42 Å². The Balaban J connectivity index is 1.39. The van der Waals surface area contributed by atoms with E-state index >= 15 is 0 Å². The van der Waals surface area contributed by atoms with Crippen LogP contribution in [0.3, 0.4) is 0 Å². The minimum absolute atomic E-state index is 0.157. The van der Waals surface area contributed by atoms with Gasteiger partial charge in [0.15, 0.2) is 6.54 Å². The first-order valence-electron chi connectivity index (χ1n) is 9.00.